The van der Waals surface area contributed by atoms with Crippen LogP contribution in [0.15, 0.2) is 62.9 Å². The summed E-state index contributed by atoms with van der Waals surface area (Å²) in [6.07, 6.45) is 0. The van der Waals surface area contributed by atoms with Crippen molar-refractivity contribution in [3.63, 3.8) is 0 Å². The average molecular weight is 407 g/mol. The number of hydrogen-bond donors (Lipinski definition) is 3. The Morgan fingerprint density at radius 1 is 1.19 bits per heavy atom. The molecule has 6 nitrogen and oxygen atoms in total. The molecule has 2 aromatic heterocycles. The Morgan fingerprint density at radius 2 is 2.00 bits per heavy atom. The van der Waals surface area contributed by atoms with Gasteiger partial charge in [0.2, 0.25) is 5.88 Å². The number of nitrogens with two attached hydrogens (primary N) is 1. The highest BCUT2D eigenvalue weighted by Crippen LogP contribution is 2.38. The van der Waals surface area contributed by atoms with E-state index in [0.29, 0.717) is 15.6 Å². The van der Waals surface area contributed by atoms with Gasteiger partial charge in [0, 0.05) is 11.1 Å². The van der Waals surface area contributed by atoms with Crippen molar-refractivity contribution in [1.82, 2.24) is 4.57 Å². The van der Waals surface area contributed by atoms with Crippen molar-refractivity contribution >= 4 is 45.6 Å². The van der Waals surface area contributed by atoms with Crippen LogP contribution >= 0.6 is 34.7 Å². The molecule has 0 saturated carbocycles. The maximum absolute atomic E-state index is 10.4. The lowest BCUT2D eigenvalue weighted by atomic mass is 10.3. The van der Waals surface area contributed by atoms with Gasteiger partial charge in [0.25, 0.3) is 0 Å². The predicted molar refractivity (Wildman–Crippen MR) is 108 cm³/mol. The molecule has 0 atom stereocenters. The average Bonchev–Trinajstić information content (AvgIpc) is 3.22. The van der Waals surface area contributed by atoms with Crippen LogP contribution in [0.1, 0.15) is 11.8 Å². The number of amidine groups is 1. The van der Waals surface area contributed by atoms with E-state index < -0.39 is 0 Å². The third-order valence-corrected chi connectivity index (χ3v) is 5.40. The molecule has 0 bridgehead atoms. The third kappa shape index (κ3) is 4.04. The van der Waals surface area contributed by atoms with Crippen molar-refractivity contribution in [2.75, 3.05) is 0 Å². The van der Waals surface area contributed by atoms with E-state index in [9.17, 15) is 10.2 Å². The molecule has 0 radical (unpaired) electrons. The van der Waals surface area contributed by atoms with Crippen LogP contribution in [-0.4, -0.2) is 25.7 Å². The summed E-state index contributed by atoms with van der Waals surface area (Å²) in [5.41, 5.74) is 7.16. The van der Waals surface area contributed by atoms with Gasteiger partial charge in [-0.1, -0.05) is 23.7 Å². The molecule has 3 aromatic rings. The maximum atomic E-state index is 10.4. The van der Waals surface area contributed by atoms with Crippen molar-refractivity contribution < 1.29 is 10.2 Å². The first kappa shape index (κ1) is 18.4. The Morgan fingerprint density at radius 3 is 2.69 bits per heavy atom. The van der Waals surface area contributed by atoms with Gasteiger partial charge in [-0.15, -0.1) is 16.4 Å². The van der Waals surface area contributed by atoms with Crippen LogP contribution in [0.5, 0.6) is 11.8 Å². The van der Waals surface area contributed by atoms with Crippen molar-refractivity contribution in [3.05, 3.63) is 57.7 Å². The Balaban J connectivity index is 1.83. The summed E-state index contributed by atoms with van der Waals surface area (Å²) in [6, 6.07) is 12.0. The molecule has 0 saturated heterocycles. The van der Waals surface area contributed by atoms with E-state index in [-0.39, 0.29) is 16.9 Å². The summed E-state index contributed by atoms with van der Waals surface area (Å²) >= 11 is 8.53. The monoisotopic (exact) mass is 406 g/mol. The molecule has 1 aromatic carbocycles. The van der Waals surface area contributed by atoms with Gasteiger partial charge >= 0.3 is 0 Å². The first-order valence-corrected chi connectivity index (χ1v) is 9.52. The Kier molecular flexibility index (Phi) is 5.55. The number of nitrogens with zero attached hydrogens (tertiary/aromatic N) is 3. The summed E-state index contributed by atoms with van der Waals surface area (Å²) in [5, 5.41) is 31.2. The Bertz CT molecular complexity index is 981. The van der Waals surface area contributed by atoms with Crippen LogP contribution in [0.2, 0.25) is 5.02 Å². The van der Waals surface area contributed by atoms with Crippen LogP contribution in [0.4, 0.5) is 0 Å². The van der Waals surface area contributed by atoms with Crippen molar-refractivity contribution in [2.45, 2.75) is 11.8 Å². The number of hydrogen-bond acceptors (Lipinski definition) is 6. The molecule has 0 fully saturated rings. The van der Waals surface area contributed by atoms with Gasteiger partial charge in [-0.3, -0.25) is 4.57 Å². The Hall–Kier alpha value is -2.42. The number of aromatic hydroxyl groups is 2. The first-order chi connectivity index (χ1) is 12.5. The lowest BCUT2D eigenvalue weighted by Crippen LogP contribution is -2.05. The van der Waals surface area contributed by atoms with Crippen molar-refractivity contribution in [2.24, 2.45) is 15.9 Å². The summed E-state index contributed by atoms with van der Waals surface area (Å²) in [7, 11) is 0. The van der Waals surface area contributed by atoms with Gasteiger partial charge in [0.1, 0.15) is 0 Å². The quantitative estimate of drug-likeness (QED) is 0.258. The van der Waals surface area contributed by atoms with Gasteiger partial charge in [-0.25, -0.2) is 0 Å². The number of thioether (sulfide) groups is 1. The summed E-state index contributed by atoms with van der Waals surface area (Å²) in [6.45, 7) is 1.84. The fraction of sp³-hybridized carbons (Fsp3) is 0.0588. The number of benzene rings is 1. The van der Waals surface area contributed by atoms with Gasteiger partial charge in [-0.05, 0) is 48.3 Å². The van der Waals surface area contributed by atoms with Crippen LogP contribution in [0.25, 0.3) is 5.69 Å². The molecule has 0 aliphatic rings. The SMILES string of the molecule is C/C(=N\N=C(/N)Sc1cc(O)n(-c2cccc(Cl)c2)c1O)c1cccs1. The topological polar surface area (TPSA) is 96.1 Å². The Labute approximate surface area is 163 Å². The molecule has 134 valence electrons. The summed E-state index contributed by atoms with van der Waals surface area (Å²) in [4.78, 5) is 1.35. The standard InChI is InChI=1S/C17H15ClN4O2S2/c1-10(13-6-3-7-25-13)20-21-17(19)26-14-9-15(23)22(16(14)24)12-5-2-4-11(18)8-12/h2-9,23-24H,1H3,(H2,19,21)/b20-10+. The highest BCUT2D eigenvalue weighted by molar-refractivity contribution is 8.13. The molecule has 3 rings (SSSR count). The smallest absolute Gasteiger partial charge is 0.213 e. The second-order valence-corrected chi connectivity index (χ2v) is 7.66. The predicted octanol–water partition coefficient (Wildman–Crippen LogP) is 4.43. The fourth-order valence-electron chi connectivity index (χ4n) is 2.20. The van der Waals surface area contributed by atoms with E-state index in [2.05, 4.69) is 10.2 Å². The molecule has 0 amide bonds. The number of thiophene rings is 1. The van der Waals surface area contributed by atoms with Crippen molar-refractivity contribution in [1.29, 1.82) is 0 Å². The minimum atomic E-state index is -0.160. The van der Waals surface area contributed by atoms with Gasteiger partial charge in [0.15, 0.2) is 11.0 Å². The van der Waals surface area contributed by atoms with E-state index >= 15 is 0 Å². The third-order valence-electron chi connectivity index (χ3n) is 3.38. The highest BCUT2D eigenvalue weighted by atomic mass is 35.5. The van der Waals surface area contributed by atoms with Gasteiger partial charge in [0.05, 0.1) is 21.2 Å². The number of aromatic nitrogens is 1. The van der Waals surface area contributed by atoms with Gasteiger partial charge in [-0.2, -0.15) is 5.10 Å². The zero-order valence-electron chi connectivity index (χ0n) is 13.6. The molecule has 2 heterocycles. The van der Waals surface area contributed by atoms with Gasteiger partial charge < -0.3 is 15.9 Å². The lowest BCUT2D eigenvalue weighted by Gasteiger charge is -2.07. The fourth-order valence-corrected chi connectivity index (χ4v) is 3.71. The summed E-state index contributed by atoms with van der Waals surface area (Å²) < 4.78 is 1.27. The molecule has 0 aliphatic carbocycles. The largest absolute Gasteiger partial charge is 0.494 e. The van der Waals surface area contributed by atoms with E-state index in [1.165, 1.54) is 10.6 Å². The summed E-state index contributed by atoms with van der Waals surface area (Å²) in [5.74, 6) is -0.301. The molecule has 9 heteroatoms. The molecular formula is C17H15ClN4O2S2. The van der Waals surface area contributed by atoms with E-state index in [1.807, 2.05) is 24.4 Å². The van der Waals surface area contributed by atoms with E-state index in [1.54, 1.807) is 35.6 Å². The highest BCUT2D eigenvalue weighted by Gasteiger charge is 2.17. The lowest BCUT2D eigenvalue weighted by molar-refractivity contribution is 0.398. The van der Waals surface area contributed by atoms with Crippen LogP contribution < -0.4 is 5.73 Å². The van der Waals surface area contributed by atoms with Crippen molar-refractivity contribution in [3.8, 4) is 17.4 Å². The second kappa shape index (κ2) is 7.86. The number of halogens is 1. The van der Waals surface area contributed by atoms with Crippen LogP contribution in [0.3, 0.4) is 0 Å². The normalized spacial score (nSPS) is 12.5. The zero-order chi connectivity index (χ0) is 18.7. The maximum Gasteiger partial charge on any atom is 0.213 e. The molecule has 0 aliphatic heterocycles. The number of rotatable bonds is 4. The molecule has 4 N–H and O–H groups in total. The molecular weight excluding hydrogens is 392 g/mol. The minimum Gasteiger partial charge on any atom is -0.494 e. The minimum absolute atomic E-state index is 0.138. The van der Waals surface area contributed by atoms with E-state index in [0.717, 1.165) is 22.4 Å². The molecule has 0 unspecified atom stereocenters. The van der Waals surface area contributed by atoms with E-state index in [4.69, 9.17) is 17.3 Å². The second-order valence-electron chi connectivity index (χ2n) is 5.21. The first-order valence-electron chi connectivity index (χ1n) is 7.45. The zero-order valence-corrected chi connectivity index (χ0v) is 16.0. The van der Waals surface area contributed by atoms with Crippen LogP contribution in [-0.2, 0) is 0 Å². The molecule has 0 spiro atoms. The molecule has 26 heavy (non-hydrogen) atoms. The van der Waals surface area contributed by atoms with Crippen LogP contribution in [0, 0.1) is 0 Å².